The zero-order chi connectivity index (χ0) is 13.3. The normalized spacial score (nSPS) is 35.3. The monoisotopic (exact) mass is 259 g/mol. The largest absolute Gasteiger partial charge is 0.390 e. The molecule has 2 heteroatoms. The van der Waals surface area contributed by atoms with Crippen LogP contribution < -0.4 is 0 Å². The molecule has 1 aliphatic carbocycles. The number of nitrogens with zero attached hydrogens (tertiary/aromatic N) is 1. The van der Waals surface area contributed by atoms with Gasteiger partial charge < -0.3 is 5.11 Å². The van der Waals surface area contributed by atoms with E-state index in [1.165, 1.54) is 24.9 Å². The number of hydrogen-bond acceptors (Lipinski definition) is 2. The van der Waals surface area contributed by atoms with Crippen LogP contribution in [0.1, 0.15) is 38.2 Å². The fourth-order valence-electron chi connectivity index (χ4n) is 4.13. The summed E-state index contributed by atoms with van der Waals surface area (Å²) in [6.07, 6.45) is 4.42. The van der Waals surface area contributed by atoms with E-state index in [4.69, 9.17) is 0 Å². The molecule has 1 aromatic carbocycles. The maximum Gasteiger partial charge on any atom is 0.0688 e. The van der Waals surface area contributed by atoms with Crippen LogP contribution in [-0.2, 0) is 6.54 Å². The molecule has 1 saturated carbocycles. The quantitative estimate of drug-likeness (QED) is 0.902. The van der Waals surface area contributed by atoms with Gasteiger partial charge >= 0.3 is 0 Å². The third-order valence-electron chi connectivity index (χ3n) is 5.25. The van der Waals surface area contributed by atoms with E-state index >= 15 is 0 Å². The van der Waals surface area contributed by atoms with Gasteiger partial charge in [-0.2, -0.15) is 0 Å². The first-order chi connectivity index (χ1) is 9.21. The average molecular weight is 259 g/mol. The molecule has 1 saturated heterocycles. The predicted octanol–water partition coefficient (Wildman–Crippen LogP) is 3.06. The van der Waals surface area contributed by atoms with Crippen LogP contribution in [0.3, 0.4) is 0 Å². The van der Waals surface area contributed by atoms with Gasteiger partial charge in [0.05, 0.1) is 5.60 Å². The van der Waals surface area contributed by atoms with Crippen LogP contribution in [0.15, 0.2) is 30.3 Å². The van der Waals surface area contributed by atoms with Crippen molar-refractivity contribution >= 4 is 0 Å². The van der Waals surface area contributed by atoms with Crippen LogP contribution in [0.4, 0.5) is 0 Å². The highest BCUT2D eigenvalue weighted by molar-refractivity contribution is 5.15. The number of fused-ring (bicyclic) bond motifs is 1. The number of benzene rings is 1. The Morgan fingerprint density at radius 3 is 2.79 bits per heavy atom. The number of aliphatic hydroxyl groups is 1. The predicted molar refractivity (Wildman–Crippen MR) is 77.8 cm³/mol. The molecule has 0 unspecified atom stereocenters. The van der Waals surface area contributed by atoms with E-state index in [9.17, 15) is 5.11 Å². The molecule has 19 heavy (non-hydrogen) atoms. The van der Waals surface area contributed by atoms with Gasteiger partial charge in [-0.05, 0) is 30.7 Å². The molecule has 2 nitrogen and oxygen atoms in total. The Bertz CT molecular complexity index is 419. The number of rotatable bonds is 3. The Hall–Kier alpha value is -0.860. The summed E-state index contributed by atoms with van der Waals surface area (Å²) in [5.41, 5.74) is 0.995. The zero-order valence-corrected chi connectivity index (χ0v) is 11.9. The van der Waals surface area contributed by atoms with Gasteiger partial charge in [-0.15, -0.1) is 0 Å². The third-order valence-corrected chi connectivity index (χ3v) is 5.25. The molecule has 2 fully saturated rings. The number of hydrogen-bond donors (Lipinski definition) is 1. The van der Waals surface area contributed by atoms with Gasteiger partial charge in [-0.3, -0.25) is 4.90 Å². The van der Waals surface area contributed by atoms with E-state index < -0.39 is 5.60 Å². The molecule has 104 valence electrons. The molecule has 0 amide bonds. The van der Waals surface area contributed by atoms with Crippen LogP contribution in [0, 0.1) is 11.8 Å². The first kappa shape index (κ1) is 13.1. The Morgan fingerprint density at radius 1 is 1.26 bits per heavy atom. The van der Waals surface area contributed by atoms with Crippen LogP contribution in [-0.4, -0.2) is 28.7 Å². The second-order valence-electron chi connectivity index (χ2n) is 6.40. The van der Waals surface area contributed by atoms with Gasteiger partial charge in [-0.25, -0.2) is 0 Å². The molecule has 1 aromatic rings. The Balaban J connectivity index is 1.69. The summed E-state index contributed by atoms with van der Waals surface area (Å²) in [4.78, 5) is 2.54. The van der Waals surface area contributed by atoms with E-state index in [-0.39, 0.29) is 0 Å². The van der Waals surface area contributed by atoms with Gasteiger partial charge in [0.15, 0.2) is 0 Å². The van der Waals surface area contributed by atoms with Crippen LogP contribution in [0.25, 0.3) is 0 Å². The second kappa shape index (κ2) is 5.26. The molecule has 3 rings (SSSR count). The molecular weight excluding hydrogens is 234 g/mol. The van der Waals surface area contributed by atoms with Gasteiger partial charge in [0.1, 0.15) is 0 Å². The summed E-state index contributed by atoms with van der Waals surface area (Å²) in [6.45, 7) is 5.42. The topological polar surface area (TPSA) is 23.5 Å². The fraction of sp³-hybridized carbons (Fsp3) is 0.647. The Labute approximate surface area is 116 Å². The highest BCUT2D eigenvalue weighted by atomic mass is 16.3. The van der Waals surface area contributed by atoms with Crippen molar-refractivity contribution in [1.29, 1.82) is 0 Å². The Kier molecular flexibility index (Phi) is 3.64. The van der Waals surface area contributed by atoms with E-state index in [1.807, 2.05) is 0 Å². The molecular formula is C17H25NO. The molecule has 0 bridgehead atoms. The van der Waals surface area contributed by atoms with E-state index in [1.54, 1.807) is 0 Å². The lowest BCUT2D eigenvalue weighted by atomic mass is 9.69. The van der Waals surface area contributed by atoms with Crippen molar-refractivity contribution in [3.05, 3.63) is 35.9 Å². The summed E-state index contributed by atoms with van der Waals surface area (Å²) < 4.78 is 0. The van der Waals surface area contributed by atoms with Crippen LogP contribution >= 0.6 is 0 Å². The lowest BCUT2D eigenvalue weighted by Gasteiger charge is -2.40. The molecule has 1 N–H and O–H groups in total. The van der Waals surface area contributed by atoms with Gasteiger partial charge in [0.2, 0.25) is 0 Å². The van der Waals surface area contributed by atoms with Crippen molar-refractivity contribution < 1.29 is 5.11 Å². The van der Waals surface area contributed by atoms with Crippen molar-refractivity contribution in [2.24, 2.45) is 11.8 Å². The second-order valence-corrected chi connectivity index (χ2v) is 6.40. The maximum atomic E-state index is 10.8. The minimum atomic E-state index is -0.394. The molecule has 0 radical (unpaired) electrons. The van der Waals surface area contributed by atoms with E-state index in [0.717, 1.165) is 25.9 Å². The molecule has 2 aliphatic rings. The highest BCUT2D eigenvalue weighted by Crippen LogP contribution is 2.44. The van der Waals surface area contributed by atoms with E-state index in [0.29, 0.717) is 11.8 Å². The fourth-order valence-corrected chi connectivity index (χ4v) is 4.13. The third kappa shape index (κ3) is 2.56. The summed E-state index contributed by atoms with van der Waals surface area (Å²) >= 11 is 0. The summed E-state index contributed by atoms with van der Waals surface area (Å²) in [7, 11) is 0. The standard InChI is InChI=1S/C17H25NO/c1-2-17(19)10-6-9-15-12-18(13-16(15)17)11-14-7-4-3-5-8-14/h3-5,7-8,15-16,19H,2,6,9-13H2,1H3/t15-,16+,17-/m1/s1. The van der Waals surface area contributed by atoms with E-state index in [2.05, 4.69) is 42.2 Å². The van der Waals surface area contributed by atoms with Gasteiger partial charge in [0.25, 0.3) is 0 Å². The minimum Gasteiger partial charge on any atom is -0.390 e. The highest BCUT2D eigenvalue weighted by Gasteiger charge is 2.47. The van der Waals surface area contributed by atoms with Crippen LogP contribution in [0.2, 0.25) is 0 Å². The lowest BCUT2D eigenvalue weighted by molar-refractivity contribution is -0.0613. The summed E-state index contributed by atoms with van der Waals surface area (Å²) in [6, 6.07) is 10.7. The zero-order valence-electron chi connectivity index (χ0n) is 11.9. The van der Waals surface area contributed by atoms with Crippen LogP contribution in [0.5, 0.6) is 0 Å². The van der Waals surface area contributed by atoms with Crippen molar-refractivity contribution in [2.45, 2.75) is 44.8 Å². The van der Waals surface area contributed by atoms with Gasteiger partial charge in [0, 0.05) is 25.6 Å². The number of likely N-dealkylation sites (tertiary alicyclic amines) is 1. The molecule has 1 aliphatic heterocycles. The van der Waals surface area contributed by atoms with Crippen molar-refractivity contribution in [3.8, 4) is 0 Å². The minimum absolute atomic E-state index is 0.394. The van der Waals surface area contributed by atoms with Crippen molar-refractivity contribution in [3.63, 3.8) is 0 Å². The first-order valence-corrected chi connectivity index (χ1v) is 7.70. The molecule has 3 atom stereocenters. The van der Waals surface area contributed by atoms with Crippen molar-refractivity contribution in [1.82, 2.24) is 4.90 Å². The Morgan fingerprint density at radius 2 is 2.05 bits per heavy atom. The smallest absolute Gasteiger partial charge is 0.0688 e. The molecule has 0 aromatic heterocycles. The molecule has 1 heterocycles. The average Bonchev–Trinajstić information content (AvgIpc) is 2.84. The summed E-state index contributed by atoms with van der Waals surface area (Å²) in [5, 5.41) is 10.8. The molecule has 0 spiro atoms. The first-order valence-electron chi connectivity index (χ1n) is 7.70. The van der Waals surface area contributed by atoms with Gasteiger partial charge in [-0.1, -0.05) is 43.7 Å². The van der Waals surface area contributed by atoms with Crippen molar-refractivity contribution in [2.75, 3.05) is 13.1 Å². The maximum absolute atomic E-state index is 10.8. The SMILES string of the molecule is CC[C@@]1(O)CCC[C@@H]2CN(Cc3ccccc3)C[C@@H]21. The lowest BCUT2D eigenvalue weighted by Crippen LogP contribution is -2.44. The summed E-state index contributed by atoms with van der Waals surface area (Å²) in [5.74, 6) is 1.21.